The zero-order chi connectivity index (χ0) is 31.1. The second kappa shape index (κ2) is 14.3. The average molecular weight is 657 g/mol. The normalized spacial score (nSPS) is 12.6. The van der Waals surface area contributed by atoms with Crippen LogP contribution >= 0.6 is 15.9 Å². The van der Waals surface area contributed by atoms with Gasteiger partial charge in [-0.05, 0) is 52.3 Å². The molecule has 7 nitrogen and oxygen atoms in total. The van der Waals surface area contributed by atoms with Gasteiger partial charge in [0.15, 0.2) is 0 Å². The SMILES string of the molecule is CC(C)CNC(=O)C(Cc1ccccc1)N(Cc1cccc(Br)c1)C(=O)CN(c1ccc(C(C)(C)C)cc1)S(C)(=O)=O. The van der Waals surface area contributed by atoms with E-state index in [1.807, 2.05) is 80.6 Å². The molecule has 9 heteroatoms. The summed E-state index contributed by atoms with van der Waals surface area (Å²) in [6.07, 6.45) is 1.37. The van der Waals surface area contributed by atoms with E-state index >= 15 is 0 Å². The highest BCUT2D eigenvalue weighted by Gasteiger charge is 2.33. The van der Waals surface area contributed by atoms with Crippen LogP contribution in [0.25, 0.3) is 0 Å². The quantitative estimate of drug-likeness (QED) is 0.262. The highest BCUT2D eigenvalue weighted by molar-refractivity contribution is 9.10. The molecule has 1 N–H and O–H groups in total. The van der Waals surface area contributed by atoms with E-state index in [1.165, 1.54) is 4.90 Å². The molecule has 3 aromatic rings. The maximum absolute atomic E-state index is 14.2. The van der Waals surface area contributed by atoms with Crippen LogP contribution in [0.1, 0.15) is 51.3 Å². The van der Waals surface area contributed by atoms with Crippen LogP contribution in [0.3, 0.4) is 0 Å². The Morgan fingerprint density at radius 2 is 1.52 bits per heavy atom. The molecule has 0 spiro atoms. The fraction of sp³-hybridized carbons (Fsp3) is 0.394. The van der Waals surface area contributed by atoms with Gasteiger partial charge in [-0.3, -0.25) is 13.9 Å². The molecule has 0 saturated carbocycles. The number of nitrogens with zero attached hydrogens (tertiary/aromatic N) is 2. The van der Waals surface area contributed by atoms with Crippen LogP contribution < -0.4 is 9.62 Å². The van der Waals surface area contributed by atoms with Crippen LogP contribution in [0.5, 0.6) is 0 Å². The van der Waals surface area contributed by atoms with Crippen molar-refractivity contribution in [3.63, 3.8) is 0 Å². The Balaban J connectivity index is 2.04. The highest BCUT2D eigenvalue weighted by atomic mass is 79.9. The van der Waals surface area contributed by atoms with Crippen molar-refractivity contribution in [1.82, 2.24) is 10.2 Å². The molecule has 0 aliphatic rings. The topological polar surface area (TPSA) is 86.8 Å². The minimum Gasteiger partial charge on any atom is -0.354 e. The van der Waals surface area contributed by atoms with E-state index in [0.29, 0.717) is 12.2 Å². The Morgan fingerprint density at radius 3 is 2.07 bits per heavy atom. The first-order chi connectivity index (χ1) is 19.6. The third-order valence-corrected chi connectivity index (χ3v) is 8.53. The fourth-order valence-corrected chi connectivity index (χ4v) is 5.85. The van der Waals surface area contributed by atoms with Gasteiger partial charge in [-0.25, -0.2) is 8.42 Å². The minimum absolute atomic E-state index is 0.112. The molecule has 3 aromatic carbocycles. The summed E-state index contributed by atoms with van der Waals surface area (Å²) < 4.78 is 28.0. The molecule has 2 amide bonds. The molecule has 0 heterocycles. The molecular weight excluding hydrogens is 614 g/mol. The maximum atomic E-state index is 14.2. The Kier molecular flexibility index (Phi) is 11.4. The summed E-state index contributed by atoms with van der Waals surface area (Å²) >= 11 is 3.50. The molecule has 226 valence electrons. The first kappa shape index (κ1) is 33.3. The van der Waals surface area contributed by atoms with Crippen LogP contribution in [-0.2, 0) is 38.0 Å². The summed E-state index contributed by atoms with van der Waals surface area (Å²) in [7, 11) is -3.82. The molecular formula is C33H42BrN3O4S. The third-order valence-electron chi connectivity index (χ3n) is 6.90. The summed E-state index contributed by atoms with van der Waals surface area (Å²) in [5.41, 5.74) is 3.04. The van der Waals surface area contributed by atoms with E-state index in [1.54, 1.807) is 12.1 Å². The standard InChI is InChI=1S/C33H42BrN3O4S/c1-24(2)21-35-32(39)30(20-25-11-8-7-9-12-25)36(22-26-13-10-14-28(34)19-26)31(38)23-37(42(6,40)41)29-17-15-27(16-18-29)33(3,4)5/h7-19,24,30H,20-23H2,1-6H3,(H,35,39). The molecule has 1 atom stereocenters. The predicted octanol–water partition coefficient (Wildman–Crippen LogP) is 5.92. The number of sulfonamides is 1. The Hall–Kier alpha value is -3.17. The number of anilines is 1. The lowest BCUT2D eigenvalue weighted by Crippen LogP contribution is -2.53. The molecule has 0 aromatic heterocycles. The van der Waals surface area contributed by atoms with Crippen LogP contribution in [0.15, 0.2) is 83.3 Å². The monoisotopic (exact) mass is 655 g/mol. The van der Waals surface area contributed by atoms with Crippen molar-refractivity contribution < 1.29 is 18.0 Å². The lowest BCUT2D eigenvalue weighted by atomic mass is 9.87. The van der Waals surface area contributed by atoms with Gasteiger partial charge in [-0.2, -0.15) is 0 Å². The number of hydrogen-bond donors (Lipinski definition) is 1. The second-order valence-electron chi connectivity index (χ2n) is 12.1. The molecule has 0 aliphatic carbocycles. The fourth-order valence-electron chi connectivity index (χ4n) is 4.55. The van der Waals surface area contributed by atoms with Crippen molar-refractivity contribution >= 4 is 43.5 Å². The van der Waals surface area contributed by atoms with Gasteiger partial charge in [0, 0.05) is 24.0 Å². The van der Waals surface area contributed by atoms with Gasteiger partial charge in [0.05, 0.1) is 11.9 Å². The summed E-state index contributed by atoms with van der Waals surface area (Å²) in [5, 5.41) is 3.00. The van der Waals surface area contributed by atoms with E-state index in [9.17, 15) is 18.0 Å². The van der Waals surface area contributed by atoms with Crippen molar-refractivity contribution in [2.75, 3.05) is 23.7 Å². The maximum Gasteiger partial charge on any atom is 0.244 e. The number of amides is 2. The van der Waals surface area contributed by atoms with Crippen LogP contribution in [0.4, 0.5) is 5.69 Å². The first-order valence-electron chi connectivity index (χ1n) is 14.1. The second-order valence-corrected chi connectivity index (χ2v) is 14.9. The van der Waals surface area contributed by atoms with E-state index in [0.717, 1.165) is 31.7 Å². The molecule has 0 aliphatic heterocycles. The number of benzene rings is 3. The summed E-state index contributed by atoms with van der Waals surface area (Å²) in [6.45, 7) is 10.4. The Bertz CT molecular complexity index is 1450. The lowest BCUT2D eigenvalue weighted by Gasteiger charge is -2.34. The van der Waals surface area contributed by atoms with Gasteiger partial charge in [-0.15, -0.1) is 0 Å². The van der Waals surface area contributed by atoms with Crippen molar-refractivity contribution in [2.45, 2.75) is 59.0 Å². The number of halogens is 1. The average Bonchev–Trinajstić information content (AvgIpc) is 2.91. The number of carbonyl (C=O) groups excluding carboxylic acids is 2. The lowest BCUT2D eigenvalue weighted by molar-refractivity contribution is -0.140. The number of rotatable bonds is 12. The van der Waals surface area contributed by atoms with E-state index in [4.69, 9.17) is 0 Å². The van der Waals surface area contributed by atoms with Crippen molar-refractivity contribution in [1.29, 1.82) is 0 Å². The van der Waals surface area contributed by atoms with Crippen LogP contribution in [0, 0.1) is 5.92 Å². The van der Waals surface area contributed by atoms with Gasteiger partial charge in [0.2, 0.25) is 21.8 Å². The van der Waals surface area contributed by atoms with Gasteiger partial charge in [0.25, 0.3) is 0 Å². The molecule has 42 heavy (non-hydrogen) atoms. The van der Waals surface area contributed by atoms with Gasteiger partial charge in [0.1, 0.15) is 12.6 Å². The van der Waals surface area contributed by atoms with E-state index in [-0.39, 0.29) is 30.2 Å². The zero-order valence-corrected chi connectivity index (χ0v) is 27.7. The molecule has 0 fully saturated rings. The van der Waals surface area contributed by atoms with E-state index in [2.05, 4.69) is 42.0 Å². The predicted molar refractivity (Wildman–Crippen MR) is 174 cm³/mol. The Morgan fingerprint density at radius 1 is 0.905 bits per heavy atom. The molecule has 1 unspecified atom stereocenters. The van der Waals surface area contributed by atoms with Crippen LogP contribution in [0.2, 0.25) is 0 Å². The number of hydrogen-bond acceptors (Lipinski definition) is 4. The summed E-state index contributed by atoms with van der Waals surface area (Å²) in [5.74, 6) is -0.533. The van der Waals surface area contributed by atoms with Gasteiger partial charge >= 0.3 is 0 Å². The molecule has 3 rings (SSSR count). The van der Waals surface area contributed by atoms with Crippen LogP contribution in [-0.4, -0.2) is 50.5 Å². The number of nitrogens with one attached hydrogen (secondary N) is 1. The van der Waals surface area contributed by atoms with Gasteiger partial charge in [-0.1, -0.05) is 105 Å². The molecule has 0 saturated heterocycles. The Labute approximate surface area is 259 Å². The highest BCUT2D eigenvalue weighted by Crippen LogP contribution is 2.26. The van der Waals surface area contributed by atoms with Gasteiger partial charge < -0.3 is 10.2 Å². The zero-order valence-electron chi connectivity index (χ0n) is 25.3. The first-order valence-corrected chi connectivity index (χ1v) is 16.7. The van der Waals surface area contributed by atoms with Crippen molar-refractivity contribution in [2.24, 2.45) is 5.92 Å². The number of carbonyl (C=O) groups is 2. The van der Waals surface area contributed by atoms with E-state index < -0.39 is 28.5 Å². The molecule has 0 radical (unpaired) electrons. The van der Waals surface area contributed by atoms with Crippen molar-refractivity contribution in [3.8, 4) is 0 Å². The van der Waals surface area contributed by atoms with Crippen molar-refractivity contribution in [3.05, 3.63) is 100 Å². The smallest absolute Gasteiger partial charge is 0.244 e. The summed E-state index contributed by atoms with van der Waals surface area (Å²) in [6, 6.07) is 23.4. The molecule has 0 bridgehead atoms. The third kappa shape index (κ3) is 9.70. The largest absolute Gasteiger partial charge is 0.354 e. The minimum atomic E-state index is -3.82. The summed E-state index contributed by atoms with van der Waals surface area (Å²) in [4.78, 5) is 29.4.